The molecule has 1 aromatic heterocycles. The summed E-state index contributed by atoms with van der Waals surface area (Å²) in [6.07, 6.45) is 1.45. The first-order valence-corrected chi connectivity index (χ1v) is 11.4. The van der Waals surface area contributed by atoms with Crippen molar-refractivity contribution in [2.24, 2.45) is 0 Å². The second-order valence-corrected chi connectivity index (χ2v) is 7.68. The predicted octanol–water partition coefficient (Wildman–Crippen LogP) is 3.04. The monoisotopic (exact) mass is 495 g/mol. The fourth-order valence-corrected chi connectivity index (χ4v) is 3.44. The van der Waals surface area contributed by atoms with Crippen molar-refractivity contribution in [3.8, 4) is 11.5 Å². The summed E-state index contributed by atoms with van der Waals surface area (Å²) in [5, 5.41) is 6.92. The molecule has 0 atom stereocenters. The molecule has 0 unspecified atom stereocenters. The lowest BCUT2D eigenvalue weighted by molar-refractivity contribution is -0.143. The molecule has 1 N–H and O–H groups in total. The maximum atomic E-state index is 12.8. The van der Waals surface area contributed by atoms with E-state index in [0.717, 1.165) is 11.1 Å². The van der Waals surface area contributed by atoms with Crippen LogP contribution in [-0.2, 0) is 38.4 Å². The molecule has 10 nitrogen and oxygen atoms in total. The molecule has 0 saturated carbocycles. The highest BCUT2D eigenvalue weighted by molar-refractivity contribution is 6.00. The van der Waals surface area contributed by atoms with E-state index in [9.17, 15) is 14.4 Å². The minimum absolute atomic E-state index is 0.00843. The van der Waals surface area contributed by atoms with E-state index in [0.29, 0.717) is 11.5 Å². The first kappa shape index (κ1) is 26.3. The van der Waals surface area contributed by atoms with Crippen molar-refractivity contribution < 1.29 is 33.3 Å². The van der Waals surface area contributed by atoms with Gasteiger partial charge in [0.25, 0.3) is 0 Å². The molecule has 1 amide bonds. The molecule has 36 heavy (non-hydrogen) atoms. The van der Waals surface area contributed by atoms with Gasteiger partial charge in [0.15, 0.2) is 0 Å². The van der Waals surface area contributed by atoms with Gasteiger partial charge in [-0.3, -0.25) is 9.59 Å². The number of benzene rings is 2. The van der Waals surface area contributed by atoms with Gasteiger partial charge in [-0.15, -0.1) is 0 Å². The molecule has 0 spiro atoms. The summed E-state index contributed by atoms with van der Waals surface area (Å²) >= 11 is 0. The Morgan fingerprint density at radius 3 is 2.17 bits per heavy atom. The van der Waals surface area contributed by atoms with Crippen molar-refractivity contribution in [3.63, 3.8) is 0 Å². The first-order valence-electron chi connectivity index (χ1n) is 11.4. The Morgan fingerprint density at radius 2 is 1.56 bits per heavy atom. The molecular weight excluding hydrogens is 466 g/mol. The van der Waals surface area contributed by atoms with Gasteiger partial charge in [-0.05, 0) is 42.3 Å². The van der Waals surface area contributed by atoms with E-state index in [-0.39, 0.29) is 49.9 Å². The van der Waals surface area contributed by atoms with Crippen LogP contribution < -0.4 is 14.8 Å². The summed E-state index contributed by atoms with van der Waals surface area (Å²) in [6.45, 7) is 1.97. The third-order valence-electron chi connectivity index (χ3n) is 5.14. The van der Waals surface area contributed by atoms with Crippen molar-refractivity contribution in [1.29, 1.82) is 0 Å². The van der Waals surface area contributed by atoms with Gasteiger partial charge in [0.05, 0.1) is 46.4 Å². The number of carbonyl (C=O) groups excluding carboxylic acids is 3. The van der Waals surface area contributed by atoms with Crippen LogP contribution in [0.25, 0.3) is 0 Å². The van der Waals surface area contributed by atoms with Gasteiger partial charge < -0.3 is 24.3 Å². The lowest BCUT2D eigenvalue weighted by Crippen LogP contribution is -2.21. The lowest BCUT2D eigenvalue weighted by atomic mass is 10.1. The fourth-order valence-electron chi connectivity index (χ4n) is 3.44. The van der Waals surface area contributed by atoms with E-state index >= 15 is 0 Å². The second-order valence-electron chi connectivity index (χ2n) is 7.68. The summed E-state index contributed by atoms with van der Waals surface area (Å²) in [5.74, 6) is 0.0573. The minimum atomic E-state index is -0.615. The highest BCUT2D eigenvalue weighted by Crippen LogP contribution is 2.19. The number of aromatic nitrogens is 2. The second kappa shape index (κ2) is 12.9. The van der Waals surface area contributed by atoms with Crippen molar-refractivity contribution in [3.05, 3.63) is 71.4 Å². The van der Waals surface area contributed by atoms with Crippen LogP contribution in [0.3, 0.4) is 0 Å². The molecule has 1 heterocycles. The molecule has 3 rings (SSSR count). The number of amides is 1. The average molecular weight is 496 g/mol. The summed E-state index contributed by atoms with van der Waals surface area (Å²) in [4.78, 5) is 37.4. The number of methoxy groups -OCH3 is 2. The van der Waals surface area contributed by atoms with E-state index < -0.39 is 11.9 Å². The zero-order chi connectivity index (χ0) is 25.9. The van der Waals surface area contributed by atoms with Crippen molar-refractivity contribution in [2.75, 3.05) is 32.8 Å². The van der Waals surface area contributed by atoms with Gasteiger partial charge in [0.2, 0.25) is 5.91 Å². The molecule has 10 heteroatoms. The maximum Gasteiger partial charge on any atom is 0.343 e. The first-order chi connectivity index (χ1) is 17.4. The molecule has 0 aliphatic heterocycles. The molecule has 2 aromatic carbocycles. The van der Waals surface area contributed by atoms with Crippen LogP contribution in [0.5, 0.6) is 11.5 Å². The van der Waals surface area contributed by atoms with Crippen molar-refractivity contribution in [1.82, 2.24) is 9.78 Å². The van der Waals surface area contributed by atoms with Crippen LogP contribution in [0.2, 0.25) is 0 Å². The highest BCUT2D eigenvalue weighted by atomic mass is 16.5. The zero-order valence-corrected chi connectivity index (χ0v) is 20.5. The zero-order valence-electron chi connectivity index (χ0n) is 20.5. The fraction of sp³-hybridized carbons (Fsp3) is 0.308. The van der Waals surface area contributed by atoms with Crippen LogP contribution in [0.1, 0.15) is 28.4 Å². The minimum Gasteiger partial charge on any atom is -0.497 e. The largest absolute Gasteiger partial charge is 0.497 e. The van der Waals surface area contributed by atoms with Crippen LogP contribution in [0.15, 0.2) is 54.7 Å². The number of ether oxygens (including phenoxy) is 4. The van der Waals surface area contributed by atoms with Gasteiger partial charge in [0.1, 0.15) is 29.5 Å². The normalized spacial score (nSPS) is 10.4. The van der Waals surface area contributed by atoms with Gasteiger partial charge in [-0.1, -0.05) is 24.3 Å². The highest BCUT2D eigenvalue weighted by Gasteiger charge is 2.21. The van der Waals surface area contributed by atoms with Crippen LogP contribution in [-0.4, -0.2) is 55.1 Å². The summed E-state index contributed by atoms with van der Waals surface area (Å²) < 4.78 is 22.2. The molecule has 0 aliphatic rings. The molecule has 0 bridgehead atoms. The maximum absolute atomic E-state index is 12.8. The summed E-state index contributed by atoms with van der Waals surface area (Å²) in [6, 6.07) is 14.3. The third-order valence-corrected chi connectivity index (χ3v) is 5.14. The van der Waals surface area contributed by atoms with Gasteiger partial charge in [-0.2, -0.15) is 5.10 Å². The number of hydrogen-bond acceptors (Lipinski definition) is 8. The molecule has 0 fully saturated rings. The topological polar surface area (TPSA) is 118 Å². The van der Waals surface area contributed by atoms with E-state index in [1.165, 1.54) is 10.9 Å². The van der Waals surface area contributed by atoms with Gasteiger partial charge in [0, 0.05) is 0 Å². The number of esters is 2. The number of rotatable bonds is 12. The number of carbonyl (C=O) groups is 3. The number of nitrogens with one attached hydrogen (secondary N) is 1. The average Bonchev–Trinajstić information content (AvgIpc) is 3.26. The van der Waals surface area contributed by atoms with Gasteiger partial charge >= 0.3 is 11.9 Å². The Bertz CT molecular complexity index is 1210. The lowest BCUT2D eigenvalue weighted by Gasteiger charge is -2.12. The Balaban J connectivity index is 1.65. The van der Waals surface area contributed by atoms with E-state index in [4.69, 9.17) is 18.9 Å². The molecule has 0 saturated heterocycles. The third kappa shape index (κ3) is 7.33. The molecule has 0 radical (unpaired) electrons. The van der Waals surface area contributed by atoms with Crippen LogP contribution in [0, 0.1) is 0 Å². The van der Waals surface area contributed by atoms with E-state index in [1.54, 1.807) is 69.7 Å². The van der Waals surface area contributed by atoms with Crippen molar-refractivity contribution in [2.45, 2.75) is 26.3 Å². The Kier molecular flexibility index (Phi) is 9.44. The Labute approximate surface area is 209 Å². The summed E-state index contributed by atoms with van der Waals surface area (Å²) in [7, 11) is 3.10. The molecular formula is C26H29N3O7. The van der Waals surface area contributed by atoms with E-state index in [1.807, 2.05) is 0 Å². The van der Waals surface area contributed by atoms with Gasteiger partial charge in [-0.25, -0.2) is 9.48 Å². The molecule has 190 valence electrons. The molecule has 0 aliphatic carbocycles. The smallest absolute Gasteiger partial charge is 0.343 e. The number of hydrogen-bond donors (Lipinski definition) is 1. The standard InChI is InChI=1S/C26H29N3O7/c1-4-35-26(32)22-17-27-29(11-12-36-24(31)16-19-8-6-10-21(14-19)34-3)25(22)28-23(30)15-18-7-5-9-20(13-18)33-2/h5-10,13-14,17H,4,11-12,15-16H2,1-3H3,(H,28,30). The van der Waals surface area contributed by atoms with Crippen LogP contribution in [0.4, 0.5) is 5.82 Å². The number of nitrogens with zero attached hydrogens (tertiary/aromatic N) is 2. The SMILES string of the molecule is CCOC(=O)c1cnn(CCOC(=O)Cc2cccc(OC)c2)c1NC(=O)Cc1cccc(OC)c1. The Morgan fingerprint density at radius 1 is 0.917 bits per heavy atom. The Hall–Kier alpha value is -4.34. The quantitative estimate of drug-likeness (QED) is 0.381. The van der Waals surface area contributed by atoms with Crippen LogP contribution >= 0.6 is 0 Å². The van der Waals surface area contributed by atoms with E-state index in [2.05, 4.69) is 10.4 Å². The summed E-state index contributed by atoms with van der Waals surface area (Å²) in [5.41, 5.74) is 1.61. The molecule has 3 aromatic rings. The van der Waals surface area contributed by atoms with Crippen molar-refractivity contribution >= 4 is 23.7 Å². The number of anilines is 1. The predicted molar refractivity (Wildman–Crippen MR) is 131 cm³/mol.